The second-order valence-corrected chi connectivity index (χ2v) is 11.5. The third-order valence-electron chi connectivity index (χ3n) is 9.47. The number of rotatable bonds is 8. The second kappa shape index (κ2) is 11.7. The van der Waals surface area contributed by atoms with Crippen molar-refractivity contribution in [2.75, 3.05) is 0 Å². The molecule has 3 aliphatic carbocycles. The van der Waals surface area contributed by atoms with Crippen molar-refractivity contribution in [2.24, 2.45) is 29.6 Å². The Hall–Kier alpha value is -1.36. The molecule has 4 unspecified atom stereocenters. The van der Waals surface area contributed by atoms with Gasteiger partial charge in [0.1, 0.15) is 11.9 Å². The molecule has 0 aromatic heterocycles. The van der Waals surface area contributed by atoms with E-state index in [1.807, 2.05) is 12.1 Å². The zero-order valence-corrected chi connectivity index (χ0v) is 20.3. The number of nitriles is 1. The SMILES string of the molecule is CCCCCC1CCC(CCC2CCC3CC(c4ccc(C#N)c(F)c4)CCC3C2)CC1. The molecular weight excluding hydrogens is 393 g/mol. The van der Waals surface area contributed by atoms with E-state index < -0.39 is 0 Å². The highest BCUT2D eigenvalue weighted by molar-refractivity contribution is 5.35. The first kappa shape index (κ1) is 23.8. The highest BCUT2D eigenvalue weighted by Gasteiger charge is 2.36. The molecule has 0 aliphatic heterocycles. The van der Waals surface area contributed by atoms with Gasteiger partial charge in [-0.1, -0.05) is 83.6 Å². The molecule has 0 bridgehead atoms. The van der Waals surface area contributed by atoms with Gasteiger partial charge in [-0.25, -0.2) is 4.39 Å². The van der Waals surface area contributed by atoms with Crippen LogP contribution in [0.5, 0.6) is 0 Å². The summed E-state index contributed by atoms with van der Waals surface area (Å²) in [5.74, 6) is 4.89. The van der Waals surface area contributed by atoms with E-state index in [9.17, 15) is 4.39 Å². The Morgan fingerprint density at radius 2 is 1.47 bits per heavy atom. The van der Waals surface area contributed by atoms with Crippen molar-refractivity contribution in [1.29, 1.82) is 5.26 Å². The molecule has 0 N–H and O–H groups in total. The number of nitrogens with zero attached hydrogens (tertiary/aromatic N) is 1. The third-order valence-corrected chi connectivity index (χ3v) is 9.47. The van der Waals surface area contributed by atoms with E-state index in [1.165, 1.54) is 103 Å². The van der Waals surface area contributed by atoms with Crippen molar-refractivity contribution in [3.63, 3.8) is 0 Å². The molecule has 3 saturated carbocycles. The Bertz CT molecular complexity index is 757. The summed E-state index contributed by atoms with van der Waals surface area (Å²) in [7, 11) is 0. The van der Waals surface area contributed by atoms with Gasteiger partial charge in [-0.3, -0.25) is 0 Å². The molecule has 0 amide bonds. The van der Waals surface area contributed by atoms with Crippen LogP contribution in [-0.4, -0.2) is 0 Å². The minimum absolute atomic E-state index is 0.174. The summed E-state index contributed by atoms with van der Waals surface area (Å²) in [5, 5.41) is 8.99. The van der Waals surface area contributed by atoms with Crippen LogP contribution in [0.4, 0.5) is 4.39 Å². The monoisotopic (exact) mass is 437 g/mol. The molecule has 3 aliphatic rings. The first-order valence-electron chi connectivity index (χ1n) is 13.9. The quantitative estimate of drug-likeness (QED) is 0.372. The van der Waals surface area contributed by atoms with Crippen LogP contribution in [-0.2, 0) is 0 Å². The van der Waals surface area contributed by atoms with Crippen LogP contribution in [0, 0.1) is 46.7 Å². The fourth-order valence-corrected chi connectivity index (χ4v) is 7.39. The average molecular weight is 438 g/mol. The Morgan fingerprint density at radius 1 is 0.812 bits per heavy atom. The number of hydrogen-bond donors (Lipinski definition) is 0. The topological polar surface area (TPSA) is 23.8 Å². The molecule has 1 nitrogen and oxygen atoms in total. The van der Waals surface area contributed by atoms with Gasteiger partial charge in [0.15, 0.2) is 0 Å². The van der Waals surface area contributed by atoms with Gasteiger partial charge in [-0.15, -0.1) is 0 Å². The van der Waals surface area contributed by atoms with E-state index in [0.717, 1.165) is 35.2 Å². The summed E-state index contributed by atoms with van der Waals surface area (Å²) >= 11 is 0. The molecule has 1 aromatic rings. The fourth-order valence-electron chi connectivity index (χ4n) is 7.39. The van der Waals surface area contributed by atoms with Crippen molar-refractivity contribution in [3.05, 3.63) is 35.1 Å². The van der Waals surface area contributed by atoms with Gasteiger partial charge in [0.25, 0.3) is 0 Å². The van der Waals surface area contributed by atoms with E-state index in [2.05, 4.69) is 6.92 Å². The van der Waals surface area contributed by atoms with Gasteiger partial charge in [-0.2, -0.15) is 5.26 Å². The summed E-state index contributed by atoms with van der Waals surface area (Å²) in [6, 6.07) is 7.25. The van der Waals surface area contributed by atoms with E-state index in [1.54, 1.807) is 12.1 Å². The lowest BCUT2D eigenvalue weighted by atomic mass is 9.63. The normalized spacial score (nSPS) is 32.8. The maximum atomic E-state index is 14.1. The van der Waals surface area contributed by atoms with Crippen LogP contribution >= 0.6 is 0 Å². The minimum atomic E-state index is -0.342. The molecule has 0 saturated heterocycles. The Balaban J connectivity index is 1.18. The molecule has 2 heteroatoms. The summed E-state index contributed by atoms with van der Waals surface area (Å²) in [6.45, 7) is 2.31. The fraction of sp³-hybridized carbons (Fsp3) is 0.767. The predicted octanol–water partition coefficient (Wildman–Crippen LogP) is 9.16. The first-order valence-corrected chi connectivity index (χ1v) is 13.9. The summed E-state index contributed by atoms with van der Waals surface area (Å²) in [4.78, 5) is 0. The summed E-state index contributed by atoms with van der Waals surface area (Å²) in [5.41, 5.74) is 1.29. The van der Waals surface area contributed by atoms with Crippen molar-refractivity contribution < 1.29 is 4.39 Å². The zero-order chi connectivity index (χ0) is 22.3. The number of halogens is 1. The van der Waals surface area contributed by atoms with Gasteiger partial charge in [0, 0.05) is 0 Å². The van der Waals surface area contributed by atoms with Gasteiger partial charge in [-0.05, 0) is 85.3 Å². The maximum Gasteiger partial charge on any atom is 0.141 e. The number of unbranched alkanes of at least 4 members (excludes halogenated alkanes) is 2. The predicted molar refractivity (Wildman–Crippen MR) is 131 cm³/mol. The van der Waals surface area contributed by atoms with Crippen molar-refractivity contribution in [1.82, 2.24) is 0 Å². The van der Waals surface area contributed by atoms with Crippen molar-refractivity contribution >= 4 is 0 Å². The second-order valence-electron chi connectivity index (χ2n) is 11.5. The summed E-state index contributed by atoms with van der Waals surface area (Å²) in [6.07, 6.45) is 22.7. The lowest BCUT2D eigenvalue weighted by Gasteiger charge is -2.43. The summed E-state index contributed by atoms with van der Waals surface area (Å²) < 4.78 is 14.1. The standard InChI is InChI=1S/C30H44FN/c1-2-3-4-5-22-6-8-23(9-7-22)10-11-24-12-13-26-19-27(15-14-25(26)18-24)28-16-17-29(21-32)30(31)20-28/h16-17,20,22-27H,2-15,18-19H2,1H3. The van der Waals surface area contributed by atoms with Gasteiger partial charge in [0.05, 0.1) is 5.56 Å². The van der Waals surface area contributed by atoms with Crippen LogP contribution in [0.1, 0.15) is 127 Å². The molecule has 0 radical (unpaired) electrons. The lowest BCUT2D eigenvalue weighted by Crippen LogP contribution is -2.30. The van der Waals surface area contributed by atoms with Gasteiger partial charge in [0.2, 0.25) is 0 Å². The Labute approximate surface area is 196 Å². The minimum Gasteiger partial charge on any atom is -0.206 e. The largest absolute Gasteiger partial charge is 0.206 e. The number of hydrogen-bond acceptors (Lipinski definition) is 1. The molecular formula is C30H44FN. The van der Waals surface area contributed by atoms with Crippen LogP contribution < -0.4 is 0 Å². The lowest BCUT2D eigenvalue weighted by molar-refractivity contribution is 0.108. The van der Waals surface area contributed by atoms with Crippen LogP contribution in [0.3, 0.4) is 0 Å². The van der Waals surface area contributed by atoms with E-state index >= 15 is 0 Å². The molecule has 3 fully saturated rings. The molecule has 0 spiro atoms. The molecule has 32 heavy (non-hydrogen) atoms. The van der Waals surface area contributed by atoms with Crippen LogP contribution in [0.25, 0.3) is 0 Å². The third kappa shape index (κ3) is 6.15. The van der Waals surface area contributed by atoms with Gasteiger partial charge >= 0.3 is 0 Å². The Morgan fingerprint density at radius 3 is 2.19 bits per heavy atom. The highest BCUT2D eigenvalue weighted by Crippen LogP contribution is 2.49. The van der Waals surface area contributed by atoms with Crippen LogP contribution in [0.15, 0.2) is 18.2 Å². The molecule has 4 rings (SSSR count). The maximum absolute atomic E-state index is 14.1. The van der Waals surface area contributed by atoms with E-state index in [0.29, 0.717) is 5.92 Å². The smallest absolute Gasteiger partial charge is 0.141 e. The van der Waals surface area contributed by atoms with E-state index in [4.69, 9.17) is 5.26 Å². The van der Waals surface area contributed by atoms with Crippen LogP contribution in [0.2, 0.25) is 0 Å². The number of fused-ring (bicyclic) bond motifs is 1. The highest BCUT2D eigenvalue weighted by atomic mass is 19.1. The van der Waals surface area contributed by atoms with Crippen molar-refractivity contribution in [3.8, 4) is 6.07 Å². The number of benzene rings is 1. The molecule has 0 heterocycles. The zero-order valence-electron chi connectivity index (χ0n) is 20.3. The molecule has 1 aromatic carbocycles. The van der Waals surface area contributed by atoms with Gasteiger partial charge < -0.3 is 0 Å². The average Bonchev–Trinajstić information content (AvgIpc) is 2.83. The Kier molecular flexibility index (Phi) is 8.68. The molecule has 4 atom stereocenters. The van der Waals surface area contributed by atoms with E-state index in [-0.39, 0.29) is 11.4 Å². The molecule has 176 valence electrons. The first-order chi connectivity index (χ1) is 15.7. The van der Waals surface area contributed by atoms with Crippen molar-refractivity contribution in [2.45, 2.75) is 116 Å².